The lowest BCUT2D eigenvalue weighted by Gasteiger charge is -2.40. The van der Waals surface area contributed by atoms with Crippen molar-refractivity contribution in [3.05, 3.63) is 0 Å². The minimum Gasteiger partial charge on any atom is -0.348 e. The van der Waals surface area contributed by atoms with Crippen LogP contribution in [0.4, 0.5) is 0 Å². The Bertz CT molecular complexity index is 317. The first-order valence-corrected chi connectivity index (χ1v) is 6.70. The Labute approximate surface area is 102 Å². The molecule has 0 atom stereocenters. The van der Waals surface area contributed by atoms with Crippen molar-refractivity contribution in [3.8, 4) is 6.07 Å². The maximum Gasteiger partial charge on any atom is 0.168 e. The number of nitrogens with zero attached hydrogens (tertiary/aromatic N) is 1. The molecule has 4 heteroatoms. The normalized spacial score (nSPS) is 30.3. The second kappa shape index (κ2) is 4.24. The van der Waals surface area contributed by atoms with E-state index in [1.165, 1.54) is 12.8 Å². The van der Waals surface area contributed by atoms with Crippen LogP contribution in [0.3, 0.4) is 0 Å². The van der Waals surface area contributed by atoms with E-state index in [4.69, 9.17) is 9.47 Å². The molecule has 3 aliphatic rings. The van der Waals surface area contributed by atoms with Gasteiger partial charge in [-0.1, -0.05) is 0 Å². The quantitative estimate of drug-likeness (QED) is 0.808. The highest BCUT2D eigenvalue weighted by Gasteiger charge is 2.46. The zero-order valence-corrected chi connectivity index (χ0v) is 10.2. The van der Waals surface area contributed by atoms with Gasteiger partial charge in [0.25, 0.3) is 0 Å². The van der Waals surface area contributed by atoms with Crippen LogP contribution in [0.5, 0.6) is 0 Å². The van der Waals surface area contributed by atoms with E-state index in [0.717, 1.165) is 38.1 Å². The summed E-state index contributed by atoms with van der Waals surface area (Å²) < 4.78 is 11.4. The average molecular weight is 236 g/mol. The molecule has 0 amide bonds. The molecular formula is C13H20N2O2. The summed E-state index contributed by atoms with van der Waals surface area (Å²) >= 11 is 0. The SMILES string of the molecule is N#CC1(NCC2CC2)CCC2(CC1)OCCO2. The molecule has 3 rings (SSSR count). The van der Waals surface area contributed by atoms with Crippen molar-refractivity contribution in [1.82, 2.24) is 5.32 Å². The Hall–Kier alpha value is -0.630. The topological polar surface area (TPSA) is 54.3 Å². The summed E-state index contributed by atoms with van der Waals surface area (Å²) in [7, 11) is 0. The summed E-state index contributed by atoms with van der Waals surface area (Å²) in [5.41, 5.74) is -0.330. The molecule has 0 unspecified atom stereocenters. The number of rotatable bonds is 3. The molecule has 0 aromatic heterocycles. The Balaban J connectivity index is 1.58. The second-order valence-corrected chi connectivity index (χ2v) is 5.63. The van der Waals surface area contributed by atoms with Gasteiger partial charge in [-0.2, -0.15) is 5.26 Å². The van der Waals surface area contributed by atoms with Crippen LogP contribution in [-0.4, -0.2) is 31.1 Å². The van der Waals surface area contributed by atoms with Gasteiger partial charge in [0.15, 0.2) is 5.79 Å². The van der Waals surface area contributed by atoms with Gasteiger partial charge in [0.05, 0.1) is 19.3 Å². The molecule has 4 nitrogen and oxygen atoms in total. The fourth-order valence-electron chi connectivity index (χ4n) is 2.83. The molecule has 1 aliphatic heterocycles. The lowest BCUT2D eigenvalue weighted by atomic mass is 9.79. The minimum absolute atomic E-state index is 0.330. The van der Waals surface area contributed by atoms with Crippen molar-refractivity contribution >= 4 is 0 Å². The van der Waals surface area contributed by atoms with E-state index in [1.54, 1.807) is 0 Å². The highest BCUT2D eigenvalue weighted by Crippen LogP contribution is 2.40. The molecule has 3 fully saturated rings. The molecule has 1 spiro atoms. The summed E-state index contributed by atoms with van der Waals surface area (Å²) in [6.45, 7) is 2.41. The fraction of sp³-hybridized carbons (Fsp3) is 0.923. The first kappa shape index (κ1) is 11.5. The Morgan fingerprint density at radius 2 is 1.76 bits per heavy atom. The van der Waals surface area contributed by atoms with E-state index in [-0.39, 0.29) is 11.3 Å². The van der Waals surface area contributed by atoms with Gasteiger partial charge in [-0.3, -0.25) is 5.32 Å². The van der Waals surface area contributed by atoms with Crippen LogP contribution >= 0.6 is 0 Å². The van der Waals surface area contributed by atoms with E-state index in [2.05, 4.69) is 11.4 Å². The molecule has 0 radical (unpaired) electrons. The molecule has 94 valence electrons. The van der Waals surface area contributed by atoms with E-state index < -0.39 is 0 Å². The monoisotopic (exact) mass is 236 g/mol. The zero-order chi connectivity index (χ0) is 11.8. The molecule has 0 aromatic rings. The predicted molar refractivity (Wildman–Crippen MR) is 62.2 cm³/mol. The van der Waals surface area contributed by atoms with Crippen LogP contribution in [0.1, 0.15) is 38.5 Å². The third-order valence-electron chi connectivity index (χ3n) is 4.32. The smallest absolute Gasteiger partial charge is 0.168 e. The second-order valence-electron chi connectivity index (χ2n) is 5.63. The number of ether oxygens (including phenoxy) is 2. The maximum absolute atomic E-state index is 9.41. The van der Waals surface area contributed by atoms with Gasteiger partial charge in [0.1, 0.15) is 5.54 Å². The Morgan fingerprint density at radius 1 is 1.12 bits per heavy atom. The van der Waals surface area contributed by atoms with Gasteiger partial charge in [-0.15, -0.1) is 0 Å². The molecule has 17 heavy (non-hydrogen) atoms. The first-order chi connectivity index (χ1) is 8.26. The van der Waals surface area contributed by atoms with Gasteiger partial charge in [-0.25, -0.2) is 0 Å². The lowest BCUT2D eigenvalue weighted by molar-refractivity contribution is -0.183. The Morgan fingerprint density at radius 3 is 2.29 bits per heavy atom. The predicted octanol–water partition coefficient (Wildman–Crippen LogP) is 1.57. The number of nitrogens with one attached hydrogen (secondary N) is 1. The molecule has 1 saturated heterocycles. The van der Waals surface area contributed by atoms with Crippen molar-refractivity contribution in [2.24, 2.45) is 5.92 Å². The molecule has 0 bridgehead atoms. The van der Waals surface area contributed by atoms with Gasteiger partial charge in [0, 0.05) is 12.8 Å². The fourth-order valence-corrected chi connectivity index (χ4v) is 2.83. The van der Waals surface area contributed by atoms with Gasteiger partial charge in [-0.05, 0) is 38.1 Å². The van der Waals surface area contributed by atoms with Crippen LogP contribution < -0.4 is 5.32 Å². The summed E-state index contributed by atoms with van der Waals surface area (Å²) in [4.78, 5) is 0. The molecule has 0 aromatic carbocycles. The lowest BCUT2D eigenvalue weighted by Crippen LogP contribution is -2.51. The summed E-state index contributed by atoms with van der Waals surface area (Å²) in [6.07, 6.45) is 6.03. The zero-order valence-electron chi connectivity index (χ0n) is 10.2. The third kappa shape index (κ3) is 2.33. The van der Waals surface area contributed by atoms with Gasteiger partial charge >= 0.3 is 0 Å². The number of hydrogen-bond donors (Lipinski definition) is 1. The van der Waals surface area contributed by atoms with Crippen molar-refractivity contribution in [2.75, 3.05) is 19.8 Å². The van der Waals surface area contributed by atoms with Gasteiger partial charge < -0.3 is 9.47 Å². The first-order valence-electron chi connectivity index (χ1n) is 6.70. The van der Waals surface area contributed by atoms with Crippen LogP contribution in [0.25, 0.3) is 0 Å². The van der Waals surface area contributed by atoms with E-state index >= 15 is 0 Å². The molecule has 1 heterocycles. The minimum atomic E-state index is -0.360. The molecule has 2 saturated carbocycles. The number of nitriles is 1. The molecular weight excluding hydrogens is 216 g/mol. The Kier molecular flexibility index (Phi) is 2.86. The average Bonchev–Trinajstić information content (AvgIpc) is 3.10. The number of hydrogen-bond acceptors (Lipinski definition) is 4. The van der Waals surface area contributed by atoms with E-state index in [0.29, 0.717) is 13.2 Å². The molecule has 1 N–H and O–H groups in total. The largest absolute Gasteiger partial charge is 0.348 e. The summed E-state index contributed by atoms with van der Waals surface area (Å²) in [5.74, 6) is 0.455. The third-order valence-corrected chi connectivity index (χ3v) is 4.32. The van der Waals surface area contributed by atoms with Crippen LogP contribution in [0, 0.1) is 17.2 Å². The van der Waals surface area contributed by atoms with Crippen LogP contribution in [0.2, 0.25) is 0 Å². The van der Waals surface area contributed by atoms with Crippen LogP contribution in [-0.2, 0) is 9.47 Å². The van der Waals surface area contributed by atoms with Crippen molar-refractivity contribution < 1.29 is 9.47 Å². The van der Waals surface area contributed by atoms with E-state index in [1.807, 2.05) is 0 Å². The highest BCUT2D eigenvalue weighted by atomic mass is 16.7. The van der Waals surface area contributed by atoms with Gasteiger partial charge in [0.2, 0.25) is 0 Å². The van der Waals surface area contributed by atoms with Crippen molar-refractivity contribution in [2.45, 2.75) is 49.9 Å². The van der Waals surface area contributed by atoms with Crippen molar-refractivity contribution in [1.29, 1.82) is 5.26 Å². The maximum atomic E-state index is 9.41. The van der Waals surface area contributed by atoms with E-state index in [9.17, 15) is 5.26 Å². The highest BCUT2D eigenvalue weighted by molar-refractivity contribution is 5.11. The summed E-state index contributed by atoms with van der Waals surface area (Å²) in [6, 6.07) is 2.48. The van der Waals surface area contributed by atoms with Crippen molar-refractivity contribution in [3.63, 3.8) is 0 Å². The molecule has 2 aliphatic carbocycles. The van der Waals surface area contributed by atoms with Crippen LogP contribution in [0.15, 0.2) is 0 Å². The summed E-state index contributed by atoms with van der Waals surface area (Å²) in [5, 5.41) is 12.9. The standard InChI is InChI=1S/C13H20N2O2/c14-10-12(15-9-11-1-2-11)3-5-13(6-4-12)16-7-8-17-13/h11,15H,1-9H2.